The van der Waals surface area contributed by atoms with E-state index < -0.39 is 11.9 Å². The van der Waals surface area contributed by atoms with Gasteiger partial charge in [-0.1, -0.05) is 24.3 Å². The van der Waals surface area contributed by atoms with Crippen molar-refractivity contribution in [3.63, 3.8) is 0 Å². The van der Waals surface area contributed by atoms with Crippen LogP contribution in [0, 0.1) is 6.92 Å². The number of carbonyl (C=O) groups is 1. The first-order valence-corrected chi connectivity index (χ1v) is 6.36. The maximum atomic E-state index is 11.7. The van der Waals surface area contributed by atoms with E-state index in [-0.39, 0.29) is 0 Å². The second-order valence-corrected chi connectivity index (χ2v) is 4.62. The largest absolute Gasteiger partial charge is 0.497 e. The summed E-state index contributed by atoms with van der Waals surface area (Å²) in [7, 11) is 1.60. The number of nitrogens with two attached hydrogens (primary N) is 1. The number of rotatable bonds is 5. The molecule has 4 heteroatoms. The number of amides is 1. The number of ether oxygens (including phenoxy) is 1. The van der Waals surface area contributed by atoms with Crippen molar-refractivity contribution in [3.8, 4) is 5.75 Å². The number of hydrogen-bond acceptors (Lipinski definition) is 3. The van der Waals surface area contributed by atoms with E-state index in [1.54, 1.807) is 7.11 Å². The van der Waals surface area contributed by atoms with E-state index in [0.717, 1.165) is 22.6 Å². The lowest BCUT2D eigenvalue weighted by Gasteiger charge is -2.17. The standard InChI is InChI=1S/C16H18N2O2/c1-11-4-3-5-13(10-11)18-15(16(17)19)12-6-8-14(20-2)9-7-12/h3-10,15,18H,1-2H3,(H2,17,19). The highest BCUT2D eigenvalue weighted by atomic mass is 16.5. The highest BCUT2D eigenvalue weighted by Crippen LogP contribution is 2.22. The molecular formula is C16H18N2O2. The van der Waals surface area contributed by atoms with Crippen LogP contribution in [0.2, 0.25) is 0 Å². The lowest BCUT2D eigenvalue weighted by atomic mass is 10.1. The Labute approximate surface area is 118 Å². The van der Waals surface area contributed by atoms with Crippen molar-refractivity contribution >= 4 is 11.6 Å². The Balaban J connectivity index is 2.24. The smallest absolute Gasteiger partial charge is 0.244 e. The molecule has 0 heterocycles. The fourth-order valence-corrected chi connectivity index (χ4v) is 2.02. The minimum Gasteiger partial charge on any atom is -0.497 e. The molecule has 1 unspecified atom stereocenters. The summed E-state index contributed by atoms with van der Waals surface area (Å²) in [5.41, 5.74) is 8.28. The summed E-state index contributed by atoms with van der Waals surface area (Å²) >= 11 is 0. The lowest BCUT2D eigenvalue weighted by molar-refractivity contribution is -0.118. The van der Waals surface area contributed by atoms with Gasteiger partial charge in [-0.15, -0.1) is 0 Å². The molecule has 0 aliphatic heterocycles. The minimum absolute atomic E-state index is 0.420. The van der Waals surface area contributed by atoms with E-state index in [0.29, 0.717) is 0 Å². The van der Waals surface area contributed by atoms with E-state index in [1.807, 2.05) is 55.5 Å². The van der Waals surface area contributed by atoms with Crippen LogP contribution in [0.15, 0.2) is 48.5 Å². The highest BCUT2D eigenvalue weighted by Gasteiger charge is 2.17. The van der Waals surface area contributed by atoms with Crippen molar-refractivity contribution in [2.45, 2.75) is 13.0 Å². The molecule has 0 aliphatic rings. The van der Waals surface area contributed by atoms with Gasteiger partial charge in [-0.3, -0.25) is 4.79 Å². The molecular weight excluding hydrogens is 252 g/mol. The maximum Gasteiger partial charge on any atom is 0.244 e. The molecule has 1 amide bonds. The first-order valence-electron chi connectivity index (χ1n) is 6.36. The molecule has 0 fully saturated rings. The second kappa shape index (κ2) is 6.10. The van der Waals surface area contributed by atoms with Crippen molar-refractivity contribution < 1.29 is 9.53 Å². The fourth-order valence-electron chi connectivity index (χ4n) is 2.02. The molecule has 0 aliphatic carbocycles. The fraction of sp³-hybridized carbons (Fsp3) is 0.188. The van der Waals surface area contributed by atoms with Gasteiger partial charge in [-0.25, -0.2) is 0 Å². The van der Waals surface area contributed by atoms with Crippen molar-refractivity contribution in [3.05, 3.63) is 59.7 Å². The predicted octanol–water partition coefficient (Wildman–Crippen LogP) is 2.64. The van der Waals surface area contributed by atoms with Crippen LogP contribution in [0.25, 0.3) is 0 Å². The van der Waals surface area contributed by atoms with Crippen molar-refractivity contribution in [2.24, 2.45) is 5.73 Å². The zero-order valence-corrected chi connectivity index (χ0v) is 11.6. The van der Waals surface area contributed by atoms with E-state index in [9.17, 15) is 4.79 Å². The minimum atomic E-state index is -0.567. The Kier molecular flexibility index (Phi) is 4.25. The predicted molar refractivity (Wildman–Crippen MR) is 79.7 cm³/mol. The van der Waals surface area contributed by atoms with Gasteiger partial charge in [-0.2, -0.15) is 0 Å². The van der Waals surface area contributed by atoms with Crippen LogP contribution in [0.5, 0.6) is 5.75 Å². The molecule has 0 saturated heterocycles. The first-order chi connectivity index (χ1) is 9.60. The van der Waals surface area contributed by atoms with Gasteiger partial charge in [0.2, 0.25) is 5.91 Å². The number of carbonyl (C=O) groups excluding carboxylic acids is 1. The summed E-state index contributed by atoms with van der Waals surface area (Å²) in [5, 5.41) is 3.16. The van der Waals surface area contributed by atoms with Crippen LogP contribution in [0.4, 0.5) is 5.69 Å². The summed E-state index contributed by atoms with van der Waals surface area (Å²) in [4.78, 5) is 11.7. The van der Waals surface area contributed by atoms with Crippen LogP contribution in [-0.2, 0) is 4.79 Å². The average molecular weight is 270 g/mol. The Morgan fingerprint density at radius 1 is 1.20 bits per heavy atom. The molecule has 1 atom stereocenters. The average Bonchev–Trinajstić information content (AvgIpc) is 2.45. The summed E-state index contributed by atoms with van der Waals surface area (Å²) in [6.45, 7) is 2.00. The van der Waals surface area contributed by atoms with E-state index in [2.05, 4.69) is 5.32 Å². The lowest BCUT2D eigenvalue weighted by Crippen LogP contribution is -2.27. The van der Waals surface area contributed by atoms with Crippen LogP contribution in [0.1, 0.15) is 17.2 Å². The molecule has 0 saturated carbocycles. The van der Waals surface area contributed by atoms with Crippen molar-refractivity contribution in [2.75, 3.05) is 12.4 Å². The van der Waals surface area contributed by atoms with Gasteiger partial charge < -0.3 is 15.8 Å². The third-order valence-electron chi connectivity index (χ3n) is 3.06. The van der Waals surface area contributed by atoms with E-state index >= 15 is 0 Å². The third-order valence-corrected chi connectivity index (χ3v) is 3.06. The van der Waals surface area contributed by atoms with Gasteiger partial charge in [0.15, 0.2) is 0 Å². The molecule has 3 N–H and O–H groups in total. The molecule has 0 aromatic heterocycles. The number of methoxy groups -OCH3 is 1. The number of aryl methyl sites for hydroxylation is 1. The van der Waals surface area contributed by atoms with Crippen LogP contribution in [-0.4, -0.2) is 13.0 Å². The van der Waals surface area contributed by atoms with Crippen LogP contribution < -0.4 is 15.8 Å². The highest BCUT2D eigenvalue weighted by molar-refractivity contribution is 5.84. The number of nitrogens with one attached hydrogen (secondary N) is 1. The SMILES string of the molecule is COc1ccc(C(Nc2cccc(C)c2)C(N)=O)cc1. The zero-order valence-electron chi connectivity index (χ0n) is 11.6. The van der Waals surface area contributed by atoms with Gasteiger partial charge in [0.1, 0.15) is 11.8 Å². The molecule has 2 aromatic rings. The summed E-state index contributed by atoms with van der Waals surface area (Å²) in [5.74, 6) is 0.323. The normalized spacial score (nSPS) is 11.7. The summed E-state index contributed by atoms with van der Waals surface area (Å²) in [6, 6.07) is 14.5. The summed E-state index contributed by atoms with van der Waals surface area (Å²) in [6.07, 6.45) is 0. The monoisotopic (exact) mass is 270 g/mol. The molecule has 0 bridgehead atoms. The van der Waals surface area contributed by atoms with Crippen LogP contribution in [0.3, 0.4) is 0 Å². The van der Waals surface area contributed by atoms with Gasteiger partial charge in [-0.05, 0) is 42.3 Å². The molecule has 2 aromatic carbocycles. The van der Waals surface area contributed by atoms with E-state index in [4.69, 9.17) is 10.5 Å². The molecule has 104 valence electrons. The molecule has 4 nitrogen and oxygen atoms in total. The molecule has 0 radical (unpaired) electrons. The number of benzene rings is 2. The van der Waals surface area contributed by atoms with Gasteiger partial charge in [0.05, 0.1) is 7.11 Å². The molecule has 0 spiro atoms. The Morgan fingerprint density at radius 2 is 1.90 bits per heavy atom. The Morgan fingerprint density at radius 3 is 2.45 bits per heavy atom. The number of hydrogen-bond donors (Lipinski definition) is 2. The van der Waals surface area contributed by atoms with Gasteiger partial charge in [0.25, 0.3) is 0 Å². The number of primary amides is 1. The van der Waals surface area contributed by atoms with Crippen molar-refractivity contribution in [1.29, 1.82) is 0 Å². The second-order valence-electron chi connectivity index (χ2n) is 4.62. The Hall–Kier alpha value is -2.49. The third kappa shape index (κ3) is 3.29. The number of anilines is 1. The van der Waals surface area contributed by atoms with Crippen LogP contribution >= 0.6 is 0 Å². The zero-order chi connectivity index (χ0) is 14.5. The van der Waals surface area contributed by atoms with Gasteiger partial charge >= 0.3 is 0 Å². The summed E-state index contributed by atoms with van der Waals surface area (Å²) < 4.78 is 5.11. The van der Waals surface area contributed by atoms with Gasteiger partial charge in [0, 0.05) is 5.69 Å². The first kappa shape index (κ1) is 13.9. The topological polar surface area (TPSA) is 64.3 Å². The quantitative estimate of drug-likeness (QED) is 0.877. The molecule has 20 heavy (non-hydrogen) atoms. The molecule has 2 rings (SSSR count). The van der Waals surface area contributed by atoms with Crippen molar-refractivity contribution in [1.82, 2.24) is 0 Å². The Bertz CT molecular complexity index is 594. The van der Waals surface area contributed by atoms with E-state index in [1.165, 1.54) is 0 Å². The maximum absolute atomic E-state index is 11.7.